The fourth-order valence-corrected chi connectivity index (χ4v) is 5.12. The van der Waals surface area contributed by atoms with Gasteiger partial charge < -0.3 is 5.32 Å². The Hall–Kier alpha value is -0.620. The van der Waals surface area contributed by atoms with Gasteiger partial charge in [0.1, 0.15) is 4.90 Å². The van der Waals surface area contributed by atoms with E-state index in [-0.39, 0.29) is 10.9 Å². The van der Waals surface area contributed by atoms with E-state index in [9.17, 15) is 8.42 Å². The van der Waals surface area contributed by atoms with E-state index in [0.717, 1.165) is 18.4 Å². The molecule has 0 amide bonds. The van der Waals surface area contributed by atoms with Gasteiger partial charge in [-0.2, -0.15) is 4.31 Å². The van der Waals surface area contributed by atoms with E-state index in [1.54, 1.807) is 16.4 Å². The van der Waals surface area contributed by atoms with Crippen molar-refractivity contribution in [3.05, 3.63) is 28.8 Å². The van der Waals surface area contributed by atoms with Crippen molar-refractivity contribution < 1.29 is 8.42 Å². The molecule has 2 atom stereocenters. The van der Waals surface area contributed by atoms with Crippen LogP contribution in [0.15, 0.2) is 23.1 Å². The minimum atomic E-state index is -3.54. The lowest BCUT2D eigenvalue weighted by molar-refractivity contribution is 0.202. The lowest BCUT2D eigenvalue weighted by Gasteiger charge is -2.37. The molecule has 0 bridgehead atoms. The standard InChI is InChI=1S/C15H23ClN2O2S/c1-11-5-4-8-18(12(11)2)21(19,20)15-9-13(10-17-3)6-7-14(15)16/h6-7,9,11-12,17H,4-5,8,10H2,1-3H3. The third-order valence-electron chi connectivity index (χ3n) is 4.28. The second-order valence-corrected chi connectivity index (χ2v) is 8.04. The summed E-state index contributed by atoms with van der Waals surface area (Å²) in [5.41, 5.74) is 0.915. The molecule has 0 aliphatic carbocycles. The number of sulfonamides is 1. The van der Waals surface area contributed by atoms with Crippen LogP contribution in [-0.4, -0.2) is 32.4 Å². The van der Waals surface area contributed by atoms with Gasteiger partial charge in [0.05, 0.1) is 5.02 Å². The topological polar surface area (TPSA) is 49.4 Å². The minimum Gasteiger partial charge on any atom is -0.316 e. The molecule has 1 aliphatic heterocycles. The summed E-state index contributed by atoms with van der Waals surface area (Å²) in [7, 11) is -1.71. The van der Waals surface area contributed by atoms with E-state index in [1.165, 1.54) is 0 Å². The largest absolute Gasteiger partial charge is 0.316 e. The number of halogens is 1. The molecule has 1 aromatic rings. The third-order valence-corrected chi connectivity index (χ3v) is 6.75. The molecule has 0 radical (unpaired) electrons. The lowest BCUT2D eigenvalue weighted by atomic mass is 9.94. The zero-order valence-corrected chi connectivity index (χ0v) is 14.3. The molecular weight excluding hydrogens is 308 g/mol. The second-order valence-electron chi connectivity index (χ2n) is 5.77. The zero-order chi connectivity index (χ0) is 15.6. The molecule has 0 saturated carbocycles. The van der Waals surface area contributed by atoms with Crippen LogP contribution in [0.25, 0.3) is 0 Å². The first-order valence-corrected chi connectivity index (χ1v) is 9.14. The normalized spacial score (nSPS) is 24.2. The summed E-state index contributed by atoms with van der Waals surface area (Å²) in [5, 5.41) is 3.32. The Balaban J connectivity index is 2.41. The monoisotopic (exact) mass is 330 g/mol. The van der Waals surface area contributed by atoms with E-state index in [1.807, 2.05) is 20.0 Å². The predicted molar refractivity (Wildman–Crippen MR) is 86.0 cm³/mol. The van der Waals surface area contributed by atoms with Crippen LogP contribution in [0.5, 0.6) is 0 Å². The van der Waals surface area contributed by atoms with Gasteiger partial charge in [0.25, 0.3) is 0 Å². The van der Waals surface area contributed by atoms with Crippen LogP contribution in [0.1, 0.15) is 32.3 Å². The maximum Gasteiger partial charge on any atom is 0.244 e. The van der Waals surface area contributed by atoms with Crippen molar-refractivity contribution >= 4 is 21.6 Å². The average Bonchev–Trinajstić information content (AvgIpc) is 2.44. The Kier molecular flexibility index (Phi) is 5.30. The Morgan fingerprint density at radius 1 is 1.38 bits per heavy atom. The van der Waals surface area contributed by atoms with Crippen LogP contribution >= 0.6 is 11.6 Å². The first kappa shape index (κ1) is 16.7. The van der Waals surface area contributed by atoms with Gasteiger partial charge in [0, 0.05) is 19.1 Å². The summed E-state index contributed by atoms with van der Waals surface area (Å²) in [6.45, 7) is 5.27. The van der Waals surface area contributed by atoms with Crippen LogP contribution in [0.4, 0.5) is 0 Å². The molecule has 1 saturated heterocycles. The third kappa shape index (κ3) is 3.42. The lowest BCUT2D eigenvalue weighted by Crippen LogP contribution is -2.45. The Labute approximate surface area is 132 Å². The number of nitrogens with zero attached hydrogens (tertiary/aromatic N) is 1. The number of rotatable bonds is 4. The first-order valence-electron chi connectivity index (χ1n) is 7.32. The number of hydrogen-bond donors (Lipinski definition) is 1. The van der Waals surface area contributed by atoms with Crippen LogP contribution in [0.2, 0.25) is 5.02 Å². The maximum absolute atomic E-state index is 12.9. The highest BCUT2D eigenvalue weighted by Crippen LogP contribution is 2.32. The number of nitrogens with one attached hydrogen (secondary N) is 1. The molecule has 118 valence electrons. The van der Waals surface area contributed by atoms with Crippen molar-refractivity contribution in [2.75, 3.05) is 13.6 Å². The van der Waals surface area contributed by atoms with Gasteiger partial charge in [-0.3, -0.25) is 0 Å². The summed E-state index contributed by atoms with van der Waals surface area (Å²) >= 11 is 6.16. The second kappa shape index (κ2) is 6.65. The number of hydrogen-bond acceptors (Lipinski definition) is 3. The number of piperidine rings is 1. The van der Waals surface area contributed by atoms with Crippen molar-refractivity contribution in [3.8, 4) is 0 Å². The molecule has 1 N–H and O–H groups in total. The van der Waals surface area contributed by atoms with E-state index >= 15 is 0 Å². The molecule has 6 heteroatoms. The van der Waals surface area contributed by atoms with Crippen molar-refractivity contribution in [3.63, 3.8) is 0 Å². The molecule has 0 spiro atoms. The first-order chi connectivity index (χ1) is 9.87. The van der Waals surface area contributed by atoms with Crippen LogP contribution in [0, 0.1) is 5.92 Å². The van der Waals surface area contributed by atoms with E-state index < -0.39 is 10.0 Å². The van der Waals surface area contributed by atoms with Crippen LogP contribution in [-0.2, 0) is 16.6 Å². The highest BCUT2D eigenvalue weighted by atomic mass is 35.5. The molecule has 2 rings (SSSR count). The van der Waals surface area contributed by atoms with Gasteiger partial charge in [-0.15, -0.1) is 0 Å². The Morgan fingerprint density at radius 3 is 2.76 bits per heavy atom. The van der Waals surface area contributed by atoms with Crippen LogP contribution < -0.4 is 5.32 Å². The molecule has 1 heterocycles. The van der Waals surface area contributed by atoms with Crippen molar-refractivity contribution in [2.45, 2.75) is 44.2 Å². The Bertz CT molecular complexity index is 604. The summed E-state index contributed by atoms with van der Waals surface area (Å²) in [5.74, 6) is 0.368. The maximum atomic E-state index is 12.9. The highest BCUT2D eigenvalue weighted by Gasteiger charge is 2.35. The zero-order valence-electron chi connectivity index (χ0n) is 12.8. The van der Waals surface area contributed by atoms with Gasteiger partial charge in [0.15, 0.2) is 0 Å². The molecule has 0 aromatic heterocycles. The summed E-state index contributed by atoms with van der Waals surface area (Å²) < 4.78 is 27.5. The molecule has 1 fully saturated rings. The van der Waals surface area contributed by atoms with Gasteiger partial charge in [-0.05, 0) is 50.4 Å². The quantitative estimate of drug-likeness (QED) is 0.923. The van der Waals surface area contributed by atoms with Crippen LogP contribution in [0.3, 0.4) is 0 Å². The summed E-state index contributed by atoms with van der Waals surface area (Å²) in [6, 6.07) is 5.20. The van der Waals surface area contributed by atoms with E-state index in [2.05, 4.69) is 12.2 Å². The SMILES string of the molecule is CNCc1ccc(Cl)c(S(=O)(=O)N2CCCC(C)C2C)c1. The number of benzene rings is 1. The van der Waals surface area contributed by atoms with Gasteiger partial charge in [-0.25, -0.2) is 8.42 Å². The molecule has 1 aliphatic rings. The predicted octanol–water partition coefficient (Wildman–Crippen LogP) is 2.87. The minimum absolute atomic E-state index is 0.00720. The van der Waals surface area contributed by atoms with E-state index in [4.69, 9.17) is 11.6 Å². The highest BCUT2D eigenvalue weighted by molar-refractivity contribution is 7.89. The fourth-order valence-electron chi connectivity index (χ4n) is 2.82. The molecule has 2 unspecified atom stereocenters. The smallest absolute Gasteiger partial charge is 0.244 e. The molecule has 4 nitrogen and oxygen atoms in total. The van der Waals surface area contributed by atoms with Gasteiger partial charge in [-0.1, -0.05) is 24.6 Å². The average molecular weight is 331 g/mol. The van der Waals surface area contributed by atoms with E-state index in [0.29, 0.717) is 24.0 Å². The van der Waals surface area contributed by atoms with Gasteiger partial charge in [0.2, 0.25) is 10.0 Å². The molecular formula is C15H23ClN2O2S. The fraction of sp³-hybridized carbons (Fsp3) is 0.600. The molecule has 21 heavy (non-hydrogen) atoms. The molecule has 1 aromatic carbocycles. The van der Waals surface area contributed by atoms with Crippen molar-refractivity contribution in [1.29, 1.82) is 0 Å². The van der Waals surface area contributed by atoms with Gasteiger partial charge >= 0.3 is 0 Å². The Morgan fingerprint density at radius 2 is 2.10 bits per heavy atom. The summed E-state index contributed by atoms with van der Waals surface area (Å²) in [6.07, 6.45) is 1.97. The van der Waals surface area contributed by atoms with Crippen molar-refractivity contribution in [1.82, 2.24) is 9.62 Å². The summed E-state index contributed by atoms with van der Waals surface area (Å²) in [4.78, 5) is 0.220. The van der Waals surface area contributed by atoms with Crippen molar-refractivity contribution in [2.24, 2.45) is 5.92 Å².